The zero-order valence-electron chi connectivity index (χ0n) is 19.5. The zero-order valence-corrected chi connectivity index (χ0v) is 19.5. The summed E-state index contributed by atoms with van der Waals surface area (Å²) in [7, 11) is 0. The van der Waals surface area contributed by atoms with Gasteiger partial charge >= 0.3 is 5.97 Å². The van der Waals surface area contributed by atoms with Gasteiger partial charge in [0.05, 0.1) is 12.2 Å². The fourth-order valence-corrected chi connectivity index (χ4v) is 4.59. The van der Waals surface area contributed by atoms with Crippen molar-refractivity contribution in [1.82, 2.24) is 10.3 Å². The van der Waals surface area contributed by atoms with Gasteiger partial charge in [-0.3, -0.25) is 9.78 Å². The van der Waals surface area contributed by atoms with E-state index in [0.717, 1.165) is 0 Å². The molecule has 4 aromatic rings. The number of carboxylic acids is 1. The molecule has 2 N–H and O–H groups in total. The van der Waals surface area contributed by atoms with Gasteiger partial charge in [0.15, 0.2) is 0 Å². The molecule has 1 aliphatic rings. The van der Waals surface area contributed by atoms with Gasteiger partial charge in [-0.1, -0.05) is 42.5 Å². The first-order chi connectivity index (χ1) is 17.4. The Kier molecular flexibility index (Phi) is 5.98. The Labute approximate surface area is 207 Å². The SMILES string of the molecule is Cc1ccc([C@@]2(NC(=O)c3ccc(C(=O)O)c(-c4ccccc4)c3)CCOc3cccnc32)cc1F. The lowest BCUT2D eigenvalue weighted by atomic mass is 9.80. The maximum atomic E-state index is 14.7. The highest BCUT2D eigenvalue weighted by Gasteiger charge is 2.43. The molecule has 0 radical (unpaired) electrons. The lowest BCUT2D eigenvalue weighted by molar-refractivity contribution is 0.0696. The molecule has 0 saturated heterocycles. The number of nitrogens with zero attached hydrogens (tertiary/aromatic N) is 1. The molecule has 1 aromatic heterocycles. The van der Waals surface area contributed by atoms with E-state index >= 15 is 0 Å². The van der Waals surface area contributed by atoms with E-state index in [4.69, 9.17) is 4.74 Å². The van der Waals surface area contributed by atoms with Crippen molar-refractivity contribution in [3.05, 3.63) is 119 Å². The van der Waals surface area contributed by atoms with Crippen LogP contribution in [0.2, 0.25) is 0 Å². The Hall–Kier alpha value is -4.52. The van der Waals surface area contributed by atoms with E-state index in [0.29, 0.717) is 46.7 Å². The molecular formula is C29H23FN2O4. The van der Waals surface area contributed by atoms with Crippen LogP contribution in [0, 0.1) is 12.7 Å². The quantitative estimate of drug-likeness (QED) is 0.400. The van der Waals surface area contributed by atoms with Crippen LogP contribution in [0.25, 0.3) is 11.1 Å². The molecule has 180 valence electrons. The molecule has 1 aliphatic heterocycles. The molecule has 7 heteroatoms. The first-order valence-corrected chi connectivity index (χ1v) is 11.5. The third kappa shape index (κ3) is 4.09. The van der Waals surface area contributed by atoms with E-state index in [-0.39, 0.29) is 16.9 Å². The Balaban J connectivity index is 1.62. The number of pyridine rings is 1. The monoisotopic (exact) mass is 482 g/mol. The summed E-state index contributed by atoms with van der Waals surface area (Å²) < 4.78 is 20.5. The molecule has 0 aliphatic carbocycles. The number of aromatic nitrogens is 1. The van der Waals surface area contributed by atoms with Crippen LogP contribution in [0.3, 0.4) is 0 Å². The number of halogens is 1. The van der Waals surface area contributed by atoms with Gasteiger partial charge in [0, 0.05) is 18.2 Å². The van der Waals surface area contributed by atoms with E-state index in [1.165, 1.54) is 18.2 Å². The highest BCUT2D eigenvalue weighted by Crippen LogP contribution is 2.41. The number of hydrogen-bond acceptors (Lipinski definition) is 4. The van der Waals surface area contributed by atoms with Gasteiger partial charge in [-0.15, -0.1) is 0 Å². The summed E-state index contributed by atoms with van der Waals surface area (Å²) in [6.45, 7) is 1.97. The number of aryl methyl sites for hydroxylation is 1. The Bertz CT molecular complexity index is 1470. The largest absolute Gasteiger partial charge is 0.491 e. The van der Waals surface area contributed by atoms with E-state index < -0.39 is 17.4 Å². The van der Waals surface area contributed by atoms with Crippen LogP contribution >= 0.6 is 0 Å². The number of rotatable bonds is 5. The molecule has 0 bridgehead atoms. The van der Waals surface area contributed by atoms with Crippen LogP contribution in [-0.4, -0.2) is 28.6 Å². The van der Waals surface area contributed by atoms with E-state index in [1.54, 1.807) is 67.7 Å². The summed E-state index contributed by atoms with van der Waals surface area (Å²) in [5, 5.41) is 12.8. The number of fused-ring (bicyclic) bond motifs is 1. The lowest BCUT2D eigenvalue weighted by Gasteiger charge is -2.39. The predicted molar refractivity (Wildman–Crippen MR) is 133 cm³/mol. The van der Waals surface area contributed by atoms with Crippen molar-refractivity contribution in [1.29, 1.82) is 0 Å². The summed E-state index contributed by atoms with van der Waals surface area (Å²) in [6.07, 6.45) is 1.94. The first kappa shape index (κ1) is 23.2. The van der Waals surface area contributed by atoms with Gasteiger partial charge in [0.2, 0.25) is 0 Å². The summed E-state index contributed by atoms with van der Waals surface area (Å²) in [4.78, 5) is 30.1. The van der Waals surface area contributed by atoms with Crippen molar-refractivity contribution in [2.24, 2.45) is 0 Å². The van der Waals surface area contributed by atoms with Crippen molar-refractivity contribution in [2.45, 2.75) is 18.9 Å². The number of aromatic carboxylic acids is 1. The highest BCUT2D eigenvalue weighted by molar-refractivity contribution is 6.01. The fraction of sp³-hybridized carbons (Fsp3) is 0.138. The number of carbonyl (C=O) groups excluding carboxylic acids is 1. The number of carbonyl (C=O) groups is 2. The summed E-state index contributed by atoms with van der Waals surface area (Å²) in [5.41, 5.74) is 1.85. The molecule has 1 atom stereocenters. The van der Waals surface area contributed by atoms with Crippen LogP contribution in [0.1, 0.15) is 44.0 Å². The van der Waals surface area contributed by atoms with Crippen molar-refractivity contribution in [2.75, 3.05) is 6.61 Å². The Morgan fingerprint density at radius 2 is 1.83 bits per heavy atom. The maximum Gasteiger partial charge on any atom is 0.336 e. The highest BCUT2D eigenvalue weighted by atomic mass is 19.1. The van der Waals surface area contributed by atoms with Gasteiger partial charge in [-0.05, 0) is 65.6 Å². The van der Waals surface area contributed by atoms with Crippen molar-refractivity contribution < 1.29 is 23.8 Å². The molecule has 0 fully saturated rings. The predicted octanol–water partition coefficient (Wildman–Crippen LogP) is 5.35. The molecule has 0 spiro atoms. The van der Waals surface area contributed by atoms with E-state index in [2.05, 4.69) is 10.3 Å². The third-order valence-electron chi connectivity index (χ3n) is 6.50. The number of nitrogens with one attached hydrogen (secondary N) is 1. The minimum absolute atomic E-state index is 0.0890. The van der Waals surface area contributed by atoms with Gasteiger partial charge < -0.3 is 15.2 Å². The summed E-state index contributed by atoms with van der Waals surface area (Å²) >= 11 is 0. The molecular weight excluding hydrogens is 459 g/mol. The molecule has 2 heterocycles. The number of benzene rings is 3. The molecule has 0 unspecified atom stereocenters. The van der Waals surface area contributed by atoms with E-state index in [1.807, 2.05) is 6.07 Å². The summed E-state index contributed by atoms with van der Waals surface area (Å²) in [6, 6.07) is 21.9. The second-order valence-corrected chi connectivity index (χ2v) is 8.70. The minimum Gasteiger partial charge on any atom is -0.491 e. The molecule has 36 heavy (non-hydrogen) atoms. The normalized spacial score (nSPS) is 16.5. The summed E-state index contributed by atoms with van der Waals surface area (Å²) in [5.74, 6) is -1.41. The topological polar surface area (TPSA) is 88.5 Å². The van der Waals surface area contributed by atoms with Crippen LogP contribution < -0.4 is 10.1 Å². The number of amides is 1. The molecule has 1 amide bonds. The van der Waals surface area contributed by atoms with Crippen molar-refractivity contribution in [3.8, 4) is 16.9 Å². The smallest absolute Gasteiger partial charge is 0.336 e. The maximum absolute atomic E-state index is 14.7. The van der Waals surface area contributed by atoms with Crippen LogP contribution in [0.15, 0.2) is 85.1 Å². The number of ether oxygens (including phenoxy) is 1. The Morgan fingerprint density at radius 3 is 2.58 bits per heavy atom. The lowest BCUT2D eigenvalue weighted by Crippen LogP contribution is -2.50. The van der Waals surface area contributed by atoms with E-state index in [9.17, 15) is 19.1 Å². The van der Waals surface area contributed by atoms with Crippen LogP contribution in [-0.2, 0) is 5.54 Å². The average molecular weight is 483 g/mol. The number of carboxylic acid groups (broad SMARTS) is 1. The van der Waals surface area contributed by atoms with Crippen LogP contribution in [0.5, 0.6) is 5.75 Å². The standard InChI is InChI=1S/C29H23FN2O4/c1-18-9-11-21(17-24(18)30)29(13-15-36-25-8-5-14-31-26(25)29)32-27(33)20-10-12-22(28(34)35)23(16-20)19-6-3-2-4-7-19/h2-12,14,16-17H,13,15H2,1H3,(H,32,33)(H,34,35)/t29-/m0/s1. The Morgan fingerprint density at radius 1 is 1.03 bits per heavy atom. The average Bonchev–Trinajstić information content (AvgIpc) is 2.90. The molecule has 3 aromatic carbocycles. The van der Waals surface area contributed by atoms with Gasteiger partial charge in [-0.2, -0.15) is 0 Å². The van der Waals surface area contributed by atoms with Gasteiger partial charge in [-0.25, -0.2) is 9.18 Å². The minimum atomic E-state index is -1.14. The molecule has 6 nitrogen and oxygen atoms in total. The number of hydrogen-bond donors (Lipinski definition) is 2. The first-order valence-electron chi connectivity index (χ1n) is 11.5. The molecule has 0 saturated carbocycles. The van der Waals surface area contributed by atoms with Crippen molar-refractivity contribution in [3.63, 3.8) is 0 Å². The second-order valence-electron chi connectivity index (χ2n) is 8.70. The van der Waals surface area contributed by atoms with Gasteiger partial charge in [0.1, 0.15) is 22.8 Å². The third-order valence-corrected chi connectivity index (χ3v) is 6.50. The fourth-order valence-electron chi connectivity index (χ4n) is 4.59. The molecule has 5 rings (SSSR count). The second kappa shape index (κ2) is 9.26. The van der Waals surface area contributed by atoms with Crippen LogP contribution in [0.4, 0.5) is 4.39 Å². The zero-order chi connectivity index (χ0) is 25.3. The van der Waals surface area contributed by atoms with Crippen molar-refractivity contribution >= 4 is 11.9 Å². The van der Waals surface area contributed by atoms with Gasteiger partial charge in [0.25, 0.3) is 5.91 Å².